The van der Waals surface area contributed by atoms with E-state index in [1.165, 1.54) is 0 Å². The van der Waals surface area contributed by atoms with Crippen LogP contribution in [0.4, 0.5) is 0 Å². The lowest BCUT2D eigenvalue weighted by atomic mass is 9.84. The molecule has 0 N–H and O–H groups in total. The molecule has 1 aliphatic carbocycles. The summed E-state index contributed by atoms with van der Waals surface area (Å²) in [6, 6.07) is 11.9. The van der Waals surface area contributed by atoms with E-state index in [9.17, 15) is 9.59 Å². The summed E-state index contributed by atoms with van der Waals surface area (Å²) in [7, 11) is 0. The number of rotatable bonds is 4. The van der Waals surface area contributed by atoms with Crippen LogP contribution in [0.3, 0.4) is 0 Å². The number of aromatic nitrogens is 3. The number of fused-ring (bicyclic) bond motifs is 1. The number of pyridine rings is 1. The van der Waals surface area contributed by atoms with E-state index in [1.807, 2.05) is 50.9 Å². The molecule has 166 valence electrons. The van der Waals surface area contributed by atoms with Crippen molar-refractivity contribution in [3.63, 3.8) is 0 Å². The van der Waals surface area contributed by atoms with Gasteiger partial charge in [0.15, 0.2) is 5.65 Å². The third kappa shape index (κ3) is 3.66. The average Bonchev–Trinajstić information content (AvgIpc) is 3.22. The Morgan fingerprint density at radius 2 is 1.69 bits per heavy atom. The lowest BCUT2D eigenvalue weighted by molar-refractivity contribution is -0.139. The molecule has 0 spiro atoms. The molecule has 0 unspecified atom stereocenters. The predicted molar refractivity (Wildman–Crippen MR) is 123 cm³/mol. The van der Waals surface area contributed by atoms with Crippen molar-refractivity contribution in [1.82, 2.24) is 24.6 Å². The van der Waals surface area contributed by atoms with Gasteiger partial charge in [0.25, 0.3) is 5.91 Å². The zero-order valence-electron chi connectivity index (χ0n) is 18.7. The summed E-state index contributed by atoms with van der Waals surface area (Å²) in [4.78, 5) is 34.8. The fraction of sp³-hybridized carbons (Fsp3) is 0.440. The van der Waals surface area contributed by atoms with Gasteiger partial charge in [0.05, 0.1) is 22.8 Å². The van der Waals surface area contributed by atoms with Crippen LogP contribution < -0.4 is 0 Å². The van der Waals surface area contributed by atoms with Gasteiger partial charge in [-0.15, -0.1) is 0 Å². The molecule has 2 amide bonds. The second-order valence-electron chi connectivity index (χ2n) is 9.09. The lowest BCUT2D eigenvalue weighted by Crippen LogP contribution is -2.52. The average molecular weight is 432 g/mol. The monoisotopic (exact) mass is 431 g/mol. The Kier molecular flexibility index (Phi) is 5.41. The molecule has 2 fully saturated rings. The first-order valence-corrected chi connectivity index (χ1v) is 11.5. The summed E-state index contributed by atoms with van der Waals surface area (Å²) in [5.74, 6) is 0.445. The fourth-order valence-electron chi connectivity index (χ4n) is 4.54. The van der Waals surface area contributed by atoms with Crippen LogP contribution in [-0.4, -0.2) is 62.6 Å². The number of hydrogen-bond donors (Lipinski definition) is 0. The lowest BCUT2D eigenvalue weighted by Gasteiger charge is -2.38. The van der Waals surface area contributed by atoms with Crippen LogP contribution in [0.1, 0.15) is 49.5 Å². The van der Waals surface area contributed by atoms with Gasteiger partial charge >= 0.3 is 0 Å². The number of hydrogen-bond acceptors (Lipinski definition) is 4. The first kappa shape index (κ1) is 20.7. The minimum absolute atomic E-state index is 0.0198. The molecule has 2 aromatic heterocycles. The van der Waals surface area contributed by atoms with Gasteiger partial charge in [-0.3, -0.25) is 9.59 Å². The highest BCUT2D eigenvalue weighted by Crippen LogP contribution is 2.30. The third-order valence-corrected chi connectivity index (χ3v) is 6.69. The fourth-order valence-corrected chi connectivity index (χ4v) is 4.54. The molecule has 7 heteroatoms. The van der Waals surface area contributed by atoms with Gasteiger partial charge in [-0.2, -0.15) is 5.10 Å². The van der Waals surface area contributed by atoms with Crippen molar-refractivity contribution in [2.24, 2.45) is 5.92 Å². The van der Waals surface area contributed by atoms with Gasteiger partial charge in [0, 0.05) is 43.7 Å². The Labute approximate surface area is 188 Å². The molecule has 0 atom stereocenters. The van der Waals surface area contributed by atoms with Crippen LogP contribution in [0.25, 0.3) is 22.3 Å². The standard InChI is InChI=1S/C25H29N5O2/c1-17(2)30-23-21(16-26-30)20(15-22(27-23)18-7-4-3-5-8-18)25(32)29-13-11-28(12-14-29)24(31)19-9-6-10-19/h3-5,7-8,15-17,19H,6,9-14H2,1-2H3. The second kappa shape index (κ2) is 8.37. The van der Waals surface area contributed by atoms with Crippen LogP contribution >= 0.6 is 0 Å². The number of piperazine rings is 1. The van der Waals surface area contributed by atoms with Crippen molar-refractivity contribution in [2.75, 3.05) is 26.2 Å². The van der Waals surface area contributed by atoms with Crippen molar-refractivity contribution in [3.05, 3.63) is 48.2 Å². The molecule has 3 aromatic rings. The summed E-state index contributed by atoms with van der Waals surface area (Å²) in [6.07, 6.45) is 4.92. The van der Waals surface area contributed by atoms with Crippen molar-refractivity contribution in [2.45, 2.75) is 39.2 Å². The first-order valence-electron chi connectivity index (χ1n) is 11.5. The number of carbonyl (C=O) groups is 2. The van der Waals surface area contributed by atoms with E-state index in [0.717, 1.165) is 41.6 Å². The van der Waals surface area contributed by atoms with Gasteiger partial charge in [0.1, 0.15) is 0 Å². The van der Waals surface area contributed by atoms with Gasteiger partial charge in [-0.25, -0.2) is 9.67 Å². The molecule has 5 rings (SSSR count). The largest absolute Gasteiger partial charge is 0.339 e. The molecule has 2 aliphatic rings. The topological polar surface area (TPSA) is 71.3 Å². The maximum Gasteiger partial charge on any atom is 0.254 e. The molecule has 1 aromatic carbocycles. The Bertz CT molecular complexity index is 1140. The minimum Gasteiger partial charge on any atom is -0.339 e. The van der Waals surface area contributed by atoms with Gasteiger partial charge in [0.2, 0.25) is 5.91 Å². The van der Waals surface area contributed by atoms with Crippen molar-refractivity contribution in [3.8, 4) is 11.3 Å². The van der Waals surface area contributed by atoms with Crippen LogP contribution in [-0.2, 0) is 4.79 Å². The second-order valence-corrected chi connectivity index (χ2v) is 9.09. The van der Waals surface area contributed by atoms with Gasteiger partial charge in [-0.1, -0.05) is 36.8 Å². The molecule has 1 aliphatic heterocycles. The summed E-state index contributed by atoms with van der Waals surface area (Å²) >= 11 is 0. The zero-order chi connectivity index (χ0) is 22.2. The SMILES string of the molecule is CC(C)n1ncc2c(C(=O)N3CCN(C(=O)C4CCC4)CC3)cc(-c3ccccc3)nc21. The quantitative estimate of drug-likeness (QED) is 0.631. The maximum absolute atomic E-state index is 13.6. The van der Waals surface area contributed by atoms with E-state index in [-0.39, 0.29) is 23.8 Å². The highest BCUT2D eigenvalue weighted by atomic mass is 16.2. The van der Waals surface area contributed by atoms with E-state index >= 15 is 0 Å². The van der Waals surface area contributed by atoms with Crippen LogP contribution in [0, 0.1) is 5.92 Å². The van der Waals surface area contributed by atoms with E-state index in [0.29, 0.717) is 31.7 Å². The van der Waals surface area contributed by atoms with Crippen LogP contribution in [0.15, 0.2) is 42.6 Å². The molecule has 3 heterocycles. The number of benzene rings is 1. The smallest absolute Gasteiger partial charge is 0.254 e. The number of carbonyl (C=O) groups excluding carboxylic acids is 2. The molecule has 0 bridgehead atoms. The molecular formula is C25H29N5O2. The Morgan fingerprint density at radius 1 is 1.00 bits per heavy atom. The highest BCUT2D eigenvalue weighted by Gasteiger charge is 2.32. The Morgan fingerprint density at radius 3 is 2.31 bits per heavy atom. The Balaban J connectivity index is 1.45. The van der Waals surface area contributed by atoms with Gasteiger partial charge < -0.3 is 9.80 Å². The van der Waals surface area contributed by atoms with Gasteiger partial charge in [-0.05, 0) is 32.8 Å². The summed E-state index contributed by atoms with van der Waals surface area (Å²) < 4.78 is 1.87. The third-order valence-electron chi connectivity index (χ3n) is 6.69. The summed E-state index contributed by atoms with van der Waals surface area (Å²) in [6.45, 7) is 6.44. The van der Waals surface area contributed by atoms with Crippen LogP contribution in [0.2, 0.25) is 0 Å². The van der Waals surface area contributed by atoms with E-state index in [1.54, 1.807) is 6.20 Å². The normalized spacial score (nSPS) is 17.1. The minimum atomic E-state index is -0.0198. The molecule has 1 saturated carbocycles. The molecular weight excluding hydrogens is 402 g/mol. The predicted octanol–water partition coefficient (Wildman–Crippen LogP) is 3.76. The Hall–Kier alpha value is -3.22. The number of amides is 2. The molecule has 7 nitrogen and oxygen atoms in total. The summed E-state index contributed by atoms with van der Waals surface area (Å²) in [5, 5.41) is 5.29. The number of nitrogens with zero attached hydrogens (tertiary/aromatic N) is 5. The van der Waals surface area contributed by atoms with E-state index in [4.69, 9.17) is 4.98 Å². The first-order chi connectivity index (χ1) is 15.5. The molecule has 0 radical (unpaired) electrons. The van der Waals surface area contributed by atoms with Crippen molar-refractivity contribution >= 4 is 22.8 Å². The van der Waals surface area contributed by atoms with Crippen LogP contribution in [0.5, 0.6) is 0 Å². The maximum atomic E-state index is 13.6. The summed E-state index contributed by atoms with van der Waals surface area (Å²) in [5.41, 5.74) is 3.08. The van der Waals surface area contributed by atoms with Crippen molar-refractivity contribution < 1.29 is 9.59 Å². The van der Waals surface area contributed by atoms with Crippen molar-refractivity contribution in [1.29, 1.82) is 0 Å². The molecule has 1 saturated heterocycles. The zero-order valence-corrected chi connectivity index (χ0v) is 18.7. The van der Waals surface area contributed by atoms with E-state index in [2.05, 4.69) is 18.9 Å². The molecule has 32 heavy (non-hydrogen) atoms. The van der Waals surface area contributed by atoms with E-state index < -0.39 is 0 Å². The highest BCUT2D eigenvalue weighted by molar-refractivity contribution is 6.06.